The van der Waals surface area contributed by atoms with Crippen LogP contribution in [-0.4, -0.2) is 17.4 Å². The molecular formula is C16H21N3OS. The predicted octanol–water partition coefficient (Wildman–Crippen LogP) is 2.90. The van der Waals surface area contributed by atoms with Crippen LogP contribution in [0.25, 0.3) is 0 Å². The van der Waals surface area contributed by atoms with Gasteiger partial charge < -0.3 is 11.1 Å². The minimum Gasteiger partial charge on any atom is -0.399 e. The van der Waals surface area contributed by atoms with E-state index in [-0.39, 0.29) is 5.91 Å². The third-order valence-electron chi connectivity index (χ3n) is 3.05. The number of anilines is 1. The smallest absolute Gasteiger partial charge is 0.270 e. The fourth-order valence-electron chi connectivity index (χ4n) is 1.95. The lowest BCUT2D eigenvalue weighted by Gasteiger charge is -2.04. The lowest BCUT2D eigenvalue weighted by Crippen LogP contribution is -2.26. The number of thiazole rings is 1. The van der Waals surface area contributed by atoms with Crippen molar-refractivity contribution in [1.82, 2.24) is 10.3 Å². The zero-order valence-electron chi connectivity index (χ0n) is 12.4. The number of hydrogen-bond acceptors (Lipinski definition) is 4. The summed E-state index contributed by atoms with van der Waals surface area (Å²) in [5, 5.41) is 5.75. The highest BCUT2D eigenvalue weighted by molar-refractivity contribution is 7.09. The van der Waals surface area contributed by atoms with Crippen molar-refractivity contribution in [2.45, 2.75) is 26.7 Å². The van der Waals surface area contributed by atoms with Crippen molar-refractivity contribution in [1.29, 1.82) is 0 Å². The fourth-order valence-corrected chi connectivity index (χ4v) is 2.94. The largest absolute Gasteiger partial charge is 0.399 e. The van der Waals surface area contributed by atoms with Crippen molar-refractivity contribution in [3.05, 3.63) is 45.9 Å². The number of carbonyl (C=O) groups excluding carboxylic acids is 1. The first-order valence-corrected chi connectivity index (χ1v) is 7.99. The van der Waals surface area contributed by atoms with Crippen molar-refractivity contribution in [3.63, 3.8) is 0 Å². The number of nitrogens with two attached hydrogens (primary N) is 1. The molecule has 0 saturated heterocycles. The Morgan fingerprint density at radius 3 is 2.71 bits per heavy atom. The van der Waals surface area contributed by atoms with Crippen LogP contribution < -0.4 is 11.1 Å². The molecule has 0 fully saturated rings. The highest BCUT2D eigenvalue weighted by Crippen LogP contribution is 2.14. The summed E-state index contributed by atoms with van der Waals surface area (Å²) in [6.45, 7) is 4.89. The molecule has 0 aliphatic heterocycles. The molecule has 0 aliphatic rings. The van der Waals surface area contributed by atoms with E-state index in [1.54, 1.807) is 11.3 Å². The Labute approximate surface area is 129 Å². The van der Waals surface area contributed by atoms with Gasteiger partial charge in [0.25, 0.3) is 5.91 Å². The van der Waals surface area contributed by atoms with Crippen molar-refractivity contribution < 1.29 is 4.79 Å². The van der Waals surface area contributed by atoms with Crippen molar-refractivity contribution >= 4 is 22.9 Å². The minimum absolute atomic E-state index is 0.100. The molecule has 0 atom stereocenters. The maximum atomic E-state index is 12.0. The number of aromatic nitrogens is 1. The standard InChI is InChI=1S/C16H21N3OS/c1-11(2)9-15-19-14(10-21-15)16(20)18-8-7-12-3-5-13(17)6-4-12/h3-6,10-11H,7-9,17H2,1-2H3,(H,18,20). The summed E-state index contributed by atoms with van der Waals surface area (Å²) < 4.78 is 0. The predicted molar refractivity (Wildman–Crippen MR) is 87.5 cm³/mol. The van der Waals surface area contributed by atoms with E-state index in [9.17, 15) is 4.79 Å². The topological polar surface area (TPSA) is 68.0 Å². The van der Waals surface area contributed by atoms with E-state index in [0.29, 0.717) is 18.2 Å². The minimum atomic E-state index is -0.100. The summed E-state index contributed by atoms with van der Waals surface area (Å²) in [6, 6.07) is 7.70. The van der Waals surface area contributed by atoms with E-state index in [2.05, 4.69) is 24.1 Å². The van der Waals surface area contributed by atoms with Gasteiger partial charge in [0, 0.05) is 24.0 Å². The number of carbonyl (C=O) groups is 1. The third kappa shape index (κ3) is 4.86. The molecule has 1 amide bonds. The molecule has 0 saturated carbocycles. The number of amides is 1. The van der Waals surface area contributed by atoms with Gasteiger partial charge in [-0.1, -0.05) is 26.0 Å². The maximum Gasteiger partial charge on any atom is 0.270 e. The van der Waals surface area contributed by atoms with Gasteiger partial charge in [-0.05, 0) is 30.0 Å². The molecule has 2 rings (SSSR count). The molecule has 4 nitrogen and oxygen atoms in total. The Morgan fingerprint density at radius 1 is 1.33 bits per heavy atom. The monoisotopic (exact) mass is 303 g/mol. The van der Waals surface area contributed by atoms with Gasteiger partial charge in [0.05, 0.1) is 5.01 Å². The van der Waals surface area contributed by atoms with E-state index >= 15 is 0 Å². The first-order chi connectivity index (χ1) is 10.0. The Balaban J connectivity index is 1.81. The first-order valence-electron chi connectivity index (χ1n) is 7.11. The highest BCUT2D eigenvalue weighted by atomic mass is 32.1. The van der Waals surface area contributed by atoms with Gasteiger partial charge in [0.2, 0.25) is 0 Å². The van der Waals surface area contributed by atoms with Crippen molar-refractivity contribution in [2.24, 2.45) is 5.92 Å². The Morgan fingerprint density at radius 2 is 2.05 bits per heavy atom. The van der Waals surface area contributed by atoms with Crippen LogP contribution in [0.3, 0.4) is 0 Å². The fraction of sp³-hybridized carbons (Fsp3) is 0.375. The van der Waals surface area contributed by atoms with Gasteiger partial charge in [-0.2, -0.15) is 0 Å². The highest BCUT2D eigenvalue weighted by Gasteiger charge is 2.11. The van der Waals surface area contributed by atoms with Crippen LogP contribution in [0.4, 0.5) is 5.69 Å². The van der Waals surface area contributed by atoms with Crippen LogP contribution in [0.1, 0.15) is 34.9 Å². The Hall–Kier alpha value is -1.88. The SMILES string of the molecule is CC(C)Cc1nc(C(=O)NCCc2ccc(N)cc2)cs1. The summed E-state index contributed by atoms with van der Waals surface area (Å²) >= 11 is 1.55. The lowest BCUT2D eigenvalue weighted by atomic mass is 10.1. The molecule has 112 valence electrons. The molecule has 0 radical (unpaired) electrons. The van der Waals surface area contributed by atoms with Crippen LogP contribution in [0, 0.1) is 5.92 Å². The molecule has 1 heterocycles. The molecule has 0 aliphatic carbocycles. The summed E-state index contributed by atoms with van der Waals surface area (Å²) in [6.07, 6.45) is 1.71. The first kappa shape index (κ1) is 15.5. The number of nitrogen functional groups attached to an aromatic ring is 1. The van der Waals surface area contributed by atoms with Crippen LogP contribution in [0.5, 0.6) is 0 Å². The zero-order valence-corrected chi connectivity index (χ0v) is 13.2. The maximum absolute atomic E-state index is 12.0. The second-order valence-electron chi connectivity index (χ2n) is 5.47. The van der Waals surface area contributed by atoms with Gasteiger partial charge in [0.1, 0.15) is 5.69 Å². The number of hydrogen-bond donors (Lipinski definition) is 2. The van der Waals surface area contributed by atoms with Crippen LogP contribution in [0.15, 0.2) is 29.6 Å². The van der Waals surface area contributed by atoms with E-state index < -0.39 is 0 Å². The van der Waals surface area contributed by atoms with Gasteiger partial charge in [-0.25, -0.2) is 4.98 Å². The average molecular weight is 303 g/mol. The summed E-state index contributed by atoms with van der Waals surface area (Å²) in [5.41, 5.74) is 8.07. The van der Waals surface area contributed by atoms with Crippen molar-refractivity contribution in [2.75, 3.05) is 12.3 Å². The molecule has 5 heteroatoms. The molecular weight excluding hydrogens is 282 g/mol. The van der Waals surface area contributed by atoms with Crippen LogP contribution in [0.2, 0.25) is 0 Å². The van der Waals surface area contributed by atoms with Gasteiger partial charge in [-0.3, -0.25) is 4.79 Å². The Bertz CT molecular complexity index is 590. The molecule has 2 aromatic rings. The van der Waals surface area contributed by atoms with Gasteiger partial charge in [0.15, 0.2) is 0 Å². The molecule has 1 aromatic heterocycles. The second-order valence-corrected chi connectivity index (χ2v) is 6.41. The number of rotatable bonds is 6. The molecule has 0 unspecified atom stereocenters. The second kappa shape index (κ2) is 7.22. The average Bonchev–Trinajstić information content (AvgIpc) is 2.88. The van der Waals surface area contributed by atoms with E-state index in [4.69, 9.17) is 5.73 Å². The molecule has 1 aromatic carbocycles. The van der Waals surface area contributed by atoms with E-state index in [1.165, 1.54) is 0 Å². The molecule has 0 bridgehead atoms. The van der Waals surface area contributed by atoms with Gasteiger partial charge >= 0.3 is 0 Å². The number of nitrogens with one attached hydrogen (secondary N) is 1. The molecule has 0 spiro atoms. The van der Waals surface area contributed by atoms with E-state index in [0.717, 1.165) is 29.1 Å². The third-order valence-corrected chi connectivity index (χ3v) is 3.92. The quantitative estimate of drug-likeness (QED) is 0.806. The number of benzene rings is 1. The summed E-state index contributed by atoms with van der Waals surface area (Å²) in [4.78, 5) is 16.4. The summed E-state index contributed by atoms with van der Waals surface area (Å²) in [5.74, 6) is 0.453. The lowest BCUT2D eigenvalue weighted by molar-refractivity contribution is 0.0949. The molecule has 3 N–H and O–H groups in total. The summed E-state index contributed by atoms with van der Waals surface area (Å²) in [7, 11) is 0. The number of nitrogens with zero attached hydrogens (tertiary/aromatic N) is 1. The van der Waals surface area contributed by atoms with Crippen LogP contribution in [-0.2, 0) is 12.8 Å². The van der Waals surface area contributed by atoms with Crippen LogP contribution >= 0.6 is 11.3 Å². The van der Waals surface area contributed by atoms with Crippen molar-refractivity contribution in [3.8, 4) is 0 Å². The van der Waals surface area contributed by atoms with E-state index in [1.807, 2.05) is 29.6 Å². The van der Waals surface area contributed by atoms with Gasteiger partial charge in [-0.15, -0.1) is 11.3 Å². The Kier molecular flexibility index (Phi) is 5.33. The molecule has 21 heavy (non-hydrogen) atoms. The normalized spacial score (nSPS) is 10.8. The zero-order chi connectivity index (χ0) is 15.2.